The average Bonchev–Trinajstić information content (AvgIpc) is 3.35. The van der Waals surface area contributed by atoms with Crippen molar-refractivity contribution in [2.45, 2.75) is 19.8 Å². The largest absolute Gasteiger partial charge is 0.497 e. The number of thiazole rings is 1. The summed E-state index contributed by atoms with van der Waals surface area (Å²) >= 11 is 1.49. The van der Waals surface area contributed by atoms with Gasteiger partial charge in [-0.25, -0.2) is 4.98 Å². The summed E-state index contributed by atoms with van der Waals surface area (Å²) in [4.78, 5) is 32.5. The van der Waals surface area contributed by atoms with Gasteiger partial charge < -0.3 is 14.4 Å². The van der Waals surface area contributed by atoms with Gasteiger partial charge in [0.15, 0.2) is 10.7 Å². The number of benzene rings is 1. The molecule has 3 heterocycles. The topological polar surface area (TPSA) is 73.1 Å². The fourth-order valence-electron chi connectivity index (χ4n) is 3.69. The number of esters is 1. The number of fused-ring (bicyclic) bond motifs is 1. The standard InChI is InChI=1S/C21H23N3O4S/c1-3-28-20(26)15-8-10-23(11-9-15)19(25)17-18(24-12-13-29-21(24)22-17)14-4-6-16(27-2)7-5-14/h4-7,12-13,15H,3,8-11H2,1-2H3. The summed E-state index contributed by atoms with van der Waals surface area (Å²) in [6, 6.07) is 7.62. The Morgan fingerprint density at radius 3 is 2.59 bits per heavy atom. The highest BCUT2D eigenvalue weighted by Gasteiger charge is 2.31. The van der Waals surface area contributed by atoms with Crippen LogP contribution in [0.3, 0.4) is 0 Å². The van der Waals surface area contributed by atoms with E-state index in [1.165, 1.54) is 11.3 Å². The second-order valence-electron chi connectivity index (χ2n) is 6.91. The number of piperidine rings is 1. The van der Waals surface area contributed by atoms with Crippen LogP contribution in [0.25, 0.3) is 16.2 Å². The molecule has 0 unspecified atom stereocenters. The Labute approximate surface area is 172 Å². The van der Waals surface area contributed by atoms with Gasteiger partial charge >= 0.3 is 5.97 Å². The van der Waals surface area contributed by atoms with Crippen molar-refractivity contribution in [2.24, 2.45) is 5.92 Å². The molecule has 0 radical (unpaired) electrons. The minimum Gasteiger partial charge on any atom is -0.497 e. The van der Waals surface area contributed by atoms with Crippen LogP contribution in [0.15, 0.2) is 35.8 Å². The summed E-state index contributed by atoms with van der Waals surface area (Å²) in [6.07, 6.45) is 3.16. The molecule has 1 saturated heterocycles. The molecule has 0 bridgehead atoms. The van der Waals surface area contributed by atoms with Crippen molar-refractivity contribution in [1.29, 1.82) is 0 Å². The molecule has 1 aliphatic rings. The Kier molecular flexibility index (Phi) is 5.53. The SMILES string of the molecule is CCOC(=O)C1CCN(C(=O)c2nc3sccn3c2-c2ccc(OC)cc2)CC1. The number of carbonyl (C=O) groups excluding carboxylic acids is 2. The van der Waals surface area contributed by atoms with Gasteiger partial charge in [-0.15, -0.1) is 11.3 Å². The maximum Gasteiger partial charge on any atom is 0.309 e. The Morgan fingerprint density at radius 2 is 1.93 bits per heavy atom. The average molecular weight is 413 g/mol. The predicted molar refractivity (Wildman–Crippen MR) is 110 cm³/mol. The third kappa shape index (κ3) is 3.72. The highest BCUT2D eigenvalue weighted by Crippen LogP contribution is 2.30. The number of methoxy groups -OCH3 is 1. The van der Waals surface area contributed by atoms with Crippen molar-refractivity contribution < 1.29 is 19.1 Å². The zero-order chi connectivity index (χ0) is 20.4. The second-order valence-corrected chi connectivity index (χ2v) is 7.78. The number of amides is 1. The van der Waals surface area contributed by atoms with Crippen LogP contribution in [0, 0.1) is 5.92 Å². The van der Waals surface area contributed by atoms with Crippen molar-refractivity contribution in [2.75, 3.05) is 26.8 Å². The summed E-state index contributed by atoms with van der Waals surface area (Å²) < 4.78 is 12.3. The fraction of sp³-hybridized carbons (Fsp3) is 0.381. The first-order chi connectivity index (χ1) is 14.1. The lowest BCUT2D eigenvalue weighted by molar-refractivity contribution is -0.149. The molecule has 7 nitrogen and oxygen atoms in total. The van der Waals surface area contributed by atoms with E-state index in [1.54, 1.807) is 12.0 Å². The molecule has 0 N–H and O–H groups in total. The molecule has 8 heteroatoms. The van der Waals surface area contributed by atoms with Gasteiger partial charge in [0.05, 0.1) is 25.3 Å². The zero-order valence-corrected chi connectivity index (χ0v) is 17.3. The number of imidazole rings is 1. The lowest BCUT2D eigenvalue weighted by Gasteiger charge is -2.30. The van der Waals surface area contributed by atoms with E-state index in [9.17, 15) is 9.59 Å². The van der Waals surface area contributed by atoms with E-state index in [1.807, 2.05) is 47.2 Å². The molecule has 1 amide bonds. The van der Waals surface area contributed by atoms with Gasteiger partial charge in [0.25, 0.3) is 5.91 Å². The van der Waals surface area contributed by atoms with E-state index in [0.29, 0.717) is 38.2 Å². The monoisotopic (exact) mass is 413 g/mol. The van der Waals surface area contributed by atoms with Gasteiger partial charge in [-0.2, -0.15) is 0 Å². The van der Waals surface area contributed by atoms with Crippen molar-refractivity contribution >= 4 is 28.2 Å². The minimum absolute atomic E-state index is 0.103. The number of hydrogen-bond donors (Lipinski definition) is 0. The lowest BCUT2D eigenvalue weighted by Crippen LogP contribution is -2.41. The van der Waals surface area contributed by atoms with Gasteiger partial charge in [0.1, 0.15) is 5.75 Å². The first-order valence-electron chi connectivity index (χ1n) is 9.68. The number of aromatic nitrogens is 2. The highest BCUT2D eigenvalue weighted by atomic mass is 32.1. The molecule has 0 atom stereocenters. The molecular formula is C21H23N3O4S. The smallest absolute Gasteiger partial charge is 0.309 e. The Bertz CT molecular complexity index is 1020. The van der Waals surface area contributed by atoms with Gasteiger partial charge in [-0.05, 0) is 44.0 Å². The van der Waals surface area contributed by atoms with Crippen molar-refractivity contribution in [1.82, 2.24) is 14.3 Å². The Hall–Kier alpha value is -2.87. The quantitative estimate of drug-likeness (QED) is 0.599. The predicted octanol–water partition coefficient (Wildman–Crippen LogP) is 3.49. The maximum atomic E-state index is 13.3. The molecule has 0 aliphatic carbocycles. The Morgan fingerprint density at radius 1 is 1.21 bits per heavy atom. The summed E-state index contributed by atoms with van der Waals surface area (Å²) in [5.41, 5.74) is 2.12. The van der Waals surface area contributed by atoms with E-state index in [2.05, 4.69) is 4.98 Å². The van der Waals surface area contributed by atoms with Crippen molar-refractivity contribution in [3.63, 3.8) is 0 Å². The number of ether oxygens (including phenoxy) is 2. The molecule has 1 aromatic carbocycles. The lowest BCUT2D eigenvalue weighted by atomic mass is 9.96. The summed E-state index contributed by atoms with van der Waals surface area (Å²) in [5, 5.41) is 1.95. The minimum atomic E-state index is -0.166. The molecule has 0 saturated carbocycles. The van der Waals surface area contributed by atoms with Crippen LogP contribution in [0.2, 0.25) is 0 Å². The zero-order valence-electron chi connectivity index (χ0n) is 16.5. The number of rotatable bonds is 5. The van der Waals surface area contributed by atoms with Gasteiger partial charge in [-0.3, -0.25) is 14.0 Å². The van der Waals surface area contributed by atoms with Crippen LogP contribution in [-0.4, -0.2) is 53.0 Å². The summed E-state index contributed by atoms with van der Waals surface area (Å²) in [5.74, 6) is 0.356. The molecule has 0 spiro atoms. The molecule has 3 aromatic rings. The van der Waals surface area contributed by atoms with Crippen LogP contribution < -0.4 is 4.74 Å². The first-order valence-corrected chi connectivity index (χ1v) is 10.6. The third-order valence-corrected chi connectivity index (χ3v) is 5.99. The number of likely N-dealkylation sites (tertiary alicyclic amines) is 1. The number of nitrogens with zero attached hydrogens (tertiary/aromatic N) is 3. The van der Waals surface area contributed by atoms with E-state index < -0.39 is 0 Å². The van der Waals surface area contributed by atoms with Crippen molar-refractivity contribution in [3.05, 3.63) is 41.5 Å². The fourth-order valence-corrected chi connectivity index (χ4v) is 4.40. The Balaban J connectivity index is 1.60. The van der Waals surface area contributed by atoms with Gasteiger partial charge in [0, 0.05) is 30.2 Å². The molecule has 152 valence electrons. The van der Waals surface area contributed by atoms with Crippen LogP contribution in [0.1, 0.15) is 30.3 Å². The van der Waals surface area contributed by atoms with E-state index in [4.69, 9.17) is 9.47 Å². The van der Waals surface area contributed by atoms with Gasteiger partial charge in [-0.1, -0.05) is 0 Å². The van der Waals surface area contributed by atoms with Crippen LogP contribution in [-0.2, 0) is 9.53 Å². The normalized spacial score (nSPS) is 14.9. The van der Waals surface area contributed by atoms with E-state index in [0.717, 1.165) is 22.0 Å². The van der Waals surface area contributed by atoms with E-state index in [-0.39, 0.29) is 17.8 Å². The molecule has 1 aliphatic heterocycles. The van der Waals surface area contributed by atoms with Crippen LogP contribution in [0.4, 0.5) is 0 Å². The molecule has 4 rings (SSSR count). The molecule has 1 fully saturated rings. The summed E-state index contributed by atoms with van der Waals surface area (Å²) in [7, 11) is 1.62. The van der Waals surface area contributed by atoms with Gasteiger partial charge in [0.2, 0.25) is 0 Å². The second kappa shape index (κ2) is 8.24. The number of carbonyl (C=O) groups is 2. The molecule has 29 heavy (non-hydrogen) atoms. The first kappa shape index (κ1) is 19.4. The molecule has 2 aromatic heterocycles. The molecular weight excluding hydrogens is 390 g/mol. The van der Waals surface area contributed by atoms with Crippen LogP contribution in [0.5, 0.6) is 5.75 Å². The third-order valence-electron chi connectivity index (χ3n) is 5.23. The maximum absolute atomic E-state index is 13.3. The summed E-state index contributed by atoms with van der Waals surface area (Å²) in [6.45, 7) is 3.24. The highest BCUT2D eigenvalue weighted by molar-refractivity contribution is 7.15. The number of hydrogen-bond acceptors (Lipinski definition) is 6. The van der Waals surface area contributed by atoms with Crippen molar-refractivity contribution in [3.8, 4) is 17.0 Å². The van der Waals surface area contributed by atoms with E-state index >= 15 is 0 Å². The van der Waals surface area contributed by atoms with Crippen LogP contribution >= 0.6 is 11.3 Å².